The van der Waals surface area contributed by atoms with E-state index in [0.717, 1.165) is 12.1 Å². The third-order valence-corrected chi connectivity index (χ3v) is 2.34. The third-order valence-electron chi connectivity index (χ3n) is 2.13. The fourth-order valence-corrected chi connectivity index (χ4v) is 1.47. The molecule has 92 valence electrons. The summed E-state index contributed by atoms with van der Waals surface area (Å²) in [5.74, 6) is -2.57. The van der Waals surface area contributed by atoms with Gasteiger partial charge in [-0.3, -0.25) is 4.79 Å². The molecule has 18 heavy (non-hydrogen) atoms. The molecule has 3 nitrogen and oxygen atoms in total. The summed E-state index contributed by atoms with van der Waals surface area (Å²) in [6.07, 6.45) is 0. The lowest BCUT2D eigenvalue weighted by Gasteiger charge is -2.05. The van der Waals surface area contributed by atoms with Gasteiger partial charge in [-0.1, -0.05) is 17.7 Å². The monoisotopic (exact) mass is 268 g/mol. The average molecular weight is 269 g/mol. The minimum absolute atomic E-state index is 0.0900. The number of anilines is 1. The smallest absolute Gasteiger partial charge is 0.274 e. The van der Waals surface area contributed by atoms with Crippen LogP contribution >= 0.6 is 11.6 Å². The number of nitrogens with zero attached hydrogens (tertiary/aromatic N) is 1. The number of nitrogens with one attached hydrogen (secondary N) is 1. The molecule has 1 heterocycles. The van der Waals surface area contributed by atoms with E-state index in [4.69, 9.17) is 11.6 Å². The maximum Gasteiger partial charge on any atom is 0.274 e. The molecule has 0 unspecified atom stereocenters. The number of hydrogen-bond acceptors (Lipinski definition) is 2. The number of carbonyl (C=O) groups is 1. The Morgan fingerprint density at radius 3 is 2.61 bits per heavy atom. The fraction of sp³-hybridized carbons (Fsp3) is 0. The van der Waals surface area contributed by atoms with Gasteiger partial charge in [0, 0.05) is 11.8 Å². The van der Waals surface area contributed by atoms with Crippen LogP contribution in [0.15, 0.2) is 36.4 Å². The van der Waals surface area contributed by atoms with Crippen molar-refractivity contribution < 1.29 is 13.6 Å². The van der Waals surface area contributed by atoms with Gasteiger partial charge >= 0.3 is 0 Å². The van der Waals surface area contributed by atoms with Crippen molar-refractivity contribution in [1.82, 2.24) is 4.98 Å². The van der Waals surface area contributed by atoms with E-state index < -0.39 is 17.5 Å². The highest BCUT2D eigenvalue weighted by molar-refractivity contribution is 6.29. The minimum Gasteiger partial charge on any atom is -0.321 e. The molecular weight excluding hydrogens is 262 g/mol. The molecule has 1 amide bonds. The van der Waals surface area contributed by atoms with Crippen LogP contribution < -0.4 is 5.32 Å². The summed E-state index contributed by atoms with van der Waals surface area (Å²) in [6.45, 7) is 0. The van der Waals surface area contributed by atoms with Crippen LogP contribution in [0.4, 0.5) is 14.5 Å². The zero-order valence-electron chi connectivity index (χ0n) is 8.95. The van der Waals surface area contributed by atoms with Crippen LogP contribution in [0.25, 0.3) is 0 Å². The van der Waals surface area contributed by atoms with Gasteiger partial charge in [-0.15, -0.1) is 0 Å². The Morgan fingerprint density at radius 1 is 1.17 bits per heavy atom. The molecule has 1 N–H and O–H groups in total. The molecule has 0 saturated heterocycles. The van der Waals surface area contributed by atoms with Crippen LogP contribution in [-0.4, -0.2) is 10.9 Å². The second kappa shape index (κ2) is 5.10. The van der Waals surface area contributed by atoms with Crippen molar-refractivity contribution in [3.05, 3.63) is 58.9 Å². The van der Waals surface area contributed by atoms with Crippen molar-refractivity contribution in [2.45, 2.75) is 0 Å². The number of amides is 1. The third kappa shape index (κ3) is 2.81. The Balaban J connectivity index is 2.18. The first kappa shape index (κ1) is 12.4. The van der Waals surface area contributed by atoms with Gasteiger partial charge < -0.3 is 5.32 Å². The average Bonchev–Trinajstić information content (AvgIpc) is 2.34. The zero-order valence-corrected chi connectivity index (χ0v) is 9.71. The highest BCUT2D eigenvalue weighted by atomic mass is 35.5. The molecule has 1 aromatic heterocycles. The summed E-state index contributed by atoms with van der Waals surface area (Å²) in [7, 11) is 0. The van der Waals surface area contributed by atoms with Crippen LogP contribution in [0, 0.1) is 11.6 Å². The number of halogens is 3. The molecule has 0 spiro atoms. The van der Waals surface area contributed by atoms with E-state index >= 15 is 0 Å². The number of rotatable bonds is 2. The maximum atomic E-state index is 12.9. The standard InChI is InChI=1S/C12H7ClF2N2O/c13-11-3-1-2-10(17-11)12(18)16-7-4-5-8(14)9(15)6-7/h1-6H,(H,16,18). The second-order valence-electron chi connectivity index (χ2n) is 3.43. The van der Waals surface area contributed by atoms with Crippen LogP contribution in [0.5, 0.6) is 0 Å². The largest absolute Gasteiger partial charge is 0.321 e. The number of pyridine rings is 1. The van der Waals surface area contributed by atoms with E-state index in [-0.39, 0.29) is 16.5 Å². The summed E-state index contributed by atoms with van der Waals surface area (Å²) in [5.41, 5.74) is 0.230. The quantitative estimate of drug-likeness (QED) is 0.850. The molecule has 0 radical (unpaired) electrons. The molecule has 0 atom stereocenters. The highest BCUT2D eigenvalue weighted by Crippen LogP contribution is 2.14. The van der Waals surface area contributed by atoms with Crippen molar-refractivity contribution in [1.29, 1.82) is 0 Å². The van der Waals surface area contributed by atoms with Gasteiger partial charge in [0.2, 0.25) is 0 Å². The number of aromatic nitrogens is 1. The first-order valence-electron chi connectivity index (χ1n) is 4.95. The van der Waals surface area contributed by atoms with Gasteiger partial charge in [0.1, 0.15) is 10.8 Å². The lowest BCUT2D eigenvalue weighted by Crippen LogP contribution is -2.13. The zero-order chi connectivity index (χ0) is 13.1. The predicted octanol–water partition coefficient (Wildman–Crippen LogP) is 3.27. The topological polar surface area (TPSA) is 42.0 Å². The summed E-state index contributed by atoms with van der Waals surface area (Å²) >= 11 is 5.64. The molecular formula is C12H7ClF2N2O. The normalized spacial score (nSPS) is 10.2. The van der Waals surface area contributed by atoms with Crippen LogP contribution in [0.1, 0.15) is 10.5 Å². The molecule has 0 fully saturated rings. The van der Waals surface area contributed by atoms with Gasteiger partial charge in [-0.05, 0) is 24.3 Å². The van der Waals surface area contributed by atoms with E-state index in [0.29, 0.717) is 0 Å². The second-order valence-corrected chi connectivity index (χ2v) is 3.82. The summed E-state index contributed by atoms with van der Waals surface area (Å²) in [5, 5.41) is 2.56. The summed E-state index contributed by atoms with van der Waals surface area (Å²) in [6, 6.07) is 7.61. The lowest BCUT2D eigenvalue weighted by molar-refractivity contribution is 0.102. The van der Waals surface area contributed by atoms with Crippen molar-refractivity contribution in [3.63, 3.8) is 0 Å². The Bertz CT molecular complexity index is 604. The molecule has 0 saturated carbocycles. The number of hydrogen-bond donors (Lipinski definition) is 1. The number of carbonyl (C=O) groups excluding carboxylic acids is 1. The van der Waals surface area contributed by atoms with E-state index in [1.165, 1.54) is 18.2 Å². The molecule has 2 aromatic rings. The maximum absolute atomic E-state index is 12.9. The fourth-order valence-electron chi connectivity index (χ4n) is 1.30. The highest BCUT2D eigenvalue weighted by Gasteiger charge is 2.09. The molecule has 2 rings (SSSR count). The van der Waals surface area contributed by atoms with Gasteiger partial charge in [-0.2, -0.15) is 0 Å². The Labute approximate surface area is 106 Å². The van der Waals surface area contributed by atoms with E-state index in [9.17, 15) is 13.6 Å². The van der Waals surface area contributed by atoms with E-state index in [1.54, 1.807) is 6.07 Å². The molecule has 6 heteroatoms. The Kier molecular flexibility index (Phi) is 3.53. The Morgan fingerprint density at radius 2 is 1.94 bits per heavy atom. The molecule has 0 aliphatic heterocycles. The lowest BCUT2D eigenvalue weighted by atomic mass is 10.2. The SMILES string of the molecule is O=C(Nc1ccc(F)c(F)c1)c1cccc(Cl)n1. The van der Waals surface area contributed by atoms with Crippen molar-refractivity contribution in [2.75, 3.05) is 5.32 Å². The first-order valence-corrected chi connectivity index (χ1v) is 5.33. The molecule has 1 aromatic carbocycles. The van der Waals surface area contributed by atoms with Crippen LogP contribution in [0.3, 0.4) is 0 Å². The van der Waals surface area contributed by atoms with Crippen molar-refractivity contribution in [2.24, 2.45) is 0 Å². The minimum atomic E-state index is -1.04. The van der Waals surface area contributed by atoms with Gasteiger partial charge in [0.15, 0.2) is 11.6 Å². The van der Waals surface area contributed by atoms with Gasteiger partial charge in [-0.25, -0.2) is 13.8 Å². The summed E-state index contributed by atoms with van der Waals surface area (Å²) in [4.78, 5) is 15.5. The summed E-state index contributed by atoms with van der Waals surface area (Å²) < 4.78 is 25.6. The van der Waals surface area contributed by atoms with Gasteiger partial charge in [0.05, 0.1) is 0 Å². The Hall–Kier alpha value is -2.01. The van der Waals surface area contributed by atoms with Crippen LogP contribution in [0.2, 0.25) is 5.15 Å². The predicted molar refractivity (Wildman–Crippen MR) is 63.6 cm³/mol. The van der Waals surface area contributed by atoms with E-state index in [2.05, 4.69) is 10.3 Å². The van der Waals surface area contributed by atoms with E-state index in [1.807, 2.05) is 0 Å². The van der Waals surface area contributed by atoms with Gasteiger partial charge in [0.25, 0.3) is 5.91 Å². The van der Waals surface area contributed by atoms with Crippen LogP contribution in [-0.2, 0) is 0 Å². The van der Waals surface area contributed by atoms with Crippen molar-refractivity contribution >= 4 is 23.2 Å². The molecule has 0 aliphatic rings. The molecule has 0 bridgehead atoms. The first-order chi connectivity index (χ1) is 8.56. The number of benzene rings is 1. The molecule has 0 aliphatic carbocycles. The van der Waals surface area contributed by atoms with Crippen molar-refractivity contribution in [3.8, 4) is 0 Å².